The van der Waals surface area contributed by atoms with Crippen molar-refractivity contribution in [1.29, 1.82) is 0 Å². The van der Waals surface area contributed by atoms with Gasteiger partial charge in [0.05, 0.1) is 0 Å². The molecule has 2 aromatic rings. The lowest BCUT2D eigenvalue weighted by molar-refractivity contribution is -0.127. The molecule has 0 bridgehead atoms. The lowest BCUT2D eigenvalue weighted by atomic mass is 10.1. The van der Waals surface area contributed by atoms with Crippen LogP contribution in [0.4, 0.5) is 5.69 Å². The van der Waals surface area contributed by atoms with Gasteiger partial charge in [0.2, 0.25) is 0 Å². The number of carbonyl (C=O) groups excluding carboxylic acids is 2. The van der Waals surface area contributed by atoms with Gasteiger partial charge in [0.1, 0.15) is 5.75 Å². The van der Waals surface area contributed by atoms with E-state index in [4.69, 9.17) is 10.6 Å². The van der Waals surface area contributed by atoms with Crippen molar-refractivity contribution in [3.8, 4) is 5.75 Å². The zero-order valence-electron chi connectivity index (χ0n) is 13.0. The molecule has 4 N–H and O–H groups in total. The van der Waals surface area contributed by atoms with Crippen molar-refractivity contribution in [3.63, 3.8) is 0 Å². The highest BCUT2D eigenvalue weighted by Gasteiger charge is 2.13. The molecule has 0 saturated heterocycles. The van der Waals surface area contributed by atoms with Crippen LogP contribution in [-0.4, -0.2) is 17.9 Å². The number of para-hydroxylation sites is 1. The molecule has 0 saturated carbocycles. The molecule has 0 aromatic heterocycles. The third kappa shape index (κ3) is 4.31. The predicted molar refractivity (Wildman–Crippen MR) is 88.0 cm³/mol. The van der Waals surface area contributed by atoms with E-state index in [9.17, 15) is 9.59 Å². The van der Waals surface area contributed by atoms with Crippen molar-refractivity contribution in [2.45, 2.75) is 20.0 Å². The summed E-state index contributed by atoms with van der Waals surface area (Å²) in [5.41, 5.74) is 4.27. The van der Waals surface area contributed by atoms with Gasteiger partial charge in [-0.1, -0.05) is 18.2 Å². The largest absolute Gasteiger partial charge is 0.481 e. The van der Waals surface area contributed by atoms with Gasteiger partial charge >= 0.3 is 0 Å². The number of hydrogen-bond donors (Lipinski definition) is 3. The first kappa shape index (κ1) is 16.5. The van der Waals surface area contributed by atoms with E-state index in [-0.39, 0.29) is 5.91 Å². The van der Waals surface area contributed by atoms with E-state index in [0.29, 0.717) is 11.3 Å². The standard InChI is InChI=1S/C17H19N3O3/c1-11-5-3-4-6-15(11)19-17(22)13-7-9-14(10-8-13)23-12(2)16(21)20-18/h3-10,12H,18H2,1-2H3,(H,19,22)(H,20,21)/t12-/m1/s1. The van der Waals surface area contributed by atoms with Gasteiger partial charge in [0.25, 0.3) is 11.8 Å². The summed E-state index contributed by atoms with van der Waals surface area (Å²) in [6.07, 6.45) is -0.716. The maximum Gasteiger partial charge on any atom is 0.274 e. The molecule has 1 atom stereocenters. The van der Waals surface area contributed by atoms with Gasteiger partial charge in [-0.05, 0) is 49.7 Å². The molecule has 0 fully saturated rings. The molecule has 0 aliphatic carbocycles. The molecule has 0 radical (unpaired) electrons. The summed E-state index contributed by atoms with van der Waals surface area (Å²) >= 11 is 0. The number of benzene rings is 2. The number of ether oxygens (including phenoxy) is 1. The van der Waals surface area contributed by atoms with Gasteiger partial charge in [-0.2, -0.15) is 0 Å². The second-order valence-corrected chi connectivity index (χ2v) is 5.06. The highest BCUT2D eigenvalue weighted by molar-refractivity contribution is 6.04. The highest BCUT2D eigenvalue weighted by Crippen LogP contribution is 2.17. The number of amides is 2. The smallest absolute Gasteiger partial charge is 0.274 e. The molecule has 0 spiro atoms. The molecule has 120 valence electrons. The Balaban J connectivity index is 2.03. The fourth-order valence-corrected chi connectivity index (χ4v) is 1.97. The van der Waals surface area contributed by atoms with E-state index in [1.807, 2.05) is 36.6 Å². The summed E-state index contributed by atoms with van der Waals surface area (Å²) in [6.45, 7) is 3.51. The molecule has 0 aliphatic rings. The van der Waals surface area contributed by atoms with Gasteiger partial charge in [-0.3, -0.25) is 15.0 Å². The molecular formula is C17H19N3O3. The summed E-state index contributed by atoms with van der Waals surface area (Å²) in [5.74, 6) is 4.89. The van der Waals surface area contributed by atoms with Crippen LogP contribution >= 0.6 is 0 Å². The van der Waals surface area contributed by atoms with Gasteiger partial charge in [0.15, 0.2) is 6.10 Å². The average molecular weight is 313 g/mol. The zero-order chi connectivity index (χ0) is 16.8. The van der Waals surface area contributed by atoms with Crippen LogP contribution in [-0.2, 0) is 4.79 Å². The number of nitrogens with one attached hydrogen (secondary N) is 2. The molecular weight excluding hydrogens is 294 g/mol. The SMILES string of the molecule is Cc1ccccc1NC(=O)c1ccc(O[C@H](C)C(=O)NN)cc1. The van der Waals surface area contributed by atoms with Crippen LogP contribution in [0.3, 0.4) is 0 Å². The molecule has 0 unspecified atom stereocenters. The summed E-state index contributed by atoms with van der Waals surface area (Å²) in [4.78, 5) is 23.5. The Bertz CT molecular complexity index is 698. The van der Waals surface area contributed by atoms with Crippen LogP contribution in [0.25, 0.3) is 0 Å². The predicted octanol–water partition coefficient (Wildman–Crippen LogP) is 2.00. The maximum atomic E-state index is 12.2. The second kappa shape index (κ2) is 7.42. The minimum absolute atomic E-state index is 0.210. The zero-order valence-corrected chi connectivity index (χ0v) is 13.0. The van der Waals surface area contributed by atoms with Crippen LogP contribution in [0.5, 0.6) is 5.75 Å². The minimum atomic E-state index is -0.716. The topological polar surface area (TPSA) is 93.4 Å². The van der Waals surface area contributed by atoms with Crippen LogP contribution in [0.15, 0.2) is 48.5 Å². The first-order valence-electron chi connectivity index (χ1n) is 7.15. The van der Waals surface area contributed by atoms with E-state index in [1.54, 1.807) is 31.2 Å². The second-order valence-electron chi connectivity index (χ2n) is 5.06. The van der Waals surface area contributed by atoms with E-state index in [1.165, 1.54) is 0 Å². The maximum absolute atomic E-state index is 12.2. The summed E-state index contributed by atoms with van der Waals surface area (Å²) in [5, 5.41) is 2.85. The normalized spacial score (nSPS) is 11.4. The lowest BCUT2D eigenvalue weighted by Gasteiger charge is -2.13. The lowest BCUT2D eigenvalue weighted by Crippen LogP contribution is -2.40. The number of carbonyl (C=O) groups is 2. The Kier molecular flexibility index (Phi) is 5.32. The van der Waals surface area contributed by atoms with E-state index < -0.39 is 12.0 Å². The Morgan fingerprint density at radius 2 is 1.74 bits per heavy atom. The molecule has 2 amide bonds. The number of aryl methyl sites for hydroxylation is 1. The Morgan fingerprint density at radius 1 is 1.09 bits per heavy atom. The molecule has 6 nitrogen and oxygen atoms in total. The molecule has 2 aromatic carbocycles. The van der Waals surface area contributed by atoms with Crippen molar-refractivity contribution in [1.82, 2.24) is 5.43 Å². The molecule has 0 heterocycles. The molecule has 0 aliphatic heterocycles. The Morgan fingerprint density at radius 3 is 2.35 bits per heavy atom. The Labute approximate surface area is 134 Å². The highest BCUT2D eigenvalue weighted by atomic mass is 16.5. The van der Waals surface area contributed by atoms with Gasteiger partial charge < -0.3 is 10.1 Å². The van der Waals surface area contributed by atoms with E-state index in [2.05, 4.69) is 5.32 Å². The van der Waals surface area contributed by atoms with E-state index >= 15 is 0 Å². The van der Waals surface area contributed by atoms with E-state index in [0.717, 1.165) is 11.3 Å². The molecule has 6 heteroatoms. The van der Waals surface area contributed by atoms with Crippen molar-refractivity contribution >= 4 is 17.5 Å². The summed E-state index contributed by atoms with van der Waals surface area (Å²) in [6, 6.07) is 14.1. The van der Waals surface area contributed by atoms with Crippen molar-refractivity contribution < 1.29 is 14.3 Å². The van der Waals surface area contributed by atoms with Crippen molar-refractivity contribution in [3.05, 3.63) is 59.7 Å². The summed E-state index contributed by atoms with van der Waals surface area (Å²) in [7, 11) is 0. The number of hydrogen-bond acceptors (Lipinski definition) is 4. The first-order chi connectivity index (χ1) is 11.0. The Hall–Kier alpha value is -2.86. The minimum Gasteiger partial charge on any atom is -0.481 e. The van der Waals surface area contributed by atoms with Gasteiger partial charge in [-0.25, -0.2) is 5.84 Å². The van der Waals surface area contributed by atoms with Crippen molar-refractivity contribution in [2.75, 3.05) is 5.32 Å². The number of hydrazine groups is 1. The van der Waals surface area contributed by atoms with Crippen LogP contribution in [0.1, 0.15) is 22.8 Å². The quantitative estimate of drug-likeness (QED) is 0.447. The van der Waals surface area contributed by atoms with Gasteiger partial charge in [-0.15, -0.1) is 0 Å². The number of nitrogens with two attached hydrogens (primary N) is 1. The molecule has 23 heavy (non-hydrogen) atoms. The van der Waals surface area contributed by atoms with Crippen LogP contribution < -0.4 is 21.3 Å². The van der Waals surface area contributed by atoms with Crippen LogP contribution in [0, 0.1) is 6.92 Å². The number of anilines is 1. The molecule has 2 rings (SSSR count). The van der Waals surface area contributed by atoms with Gasteiger partial charge in [0, 0.05) is 11.3 Å². The first-order valence-corrected chi connectivity index (χ1v) is 7.15. The average Bonchev–Trinajstić information content (AvgIpc) is 2.56. The fraction of sp³-hybridized carbons (Fsp3) is 0.176. The van der Waals surface area contributed by atoms with Crippen LogP contribution in [0.2, 0.25) is 0 Å². The third-order valence-corrected chi connectivity index (χ3v) is 3.33. The monoisotopic (exact) mass is 313 g/mol. The van der Waals surface area contributed by atoms with Crippen molar-refractivity contribution in [2.24, 2.45) is 5.84 Å². The third-order valence-electron chi connectivity index (χ3n) is 3.33. The number of rotatable bonds is 5. The summed E-state index contributed by atoms with van der Waals surface area (Å²) < 4.78 is 5.42. The fourth-order valence-electron chi connectivity index (χ4n) is 1.97.